The minimum absolute atomic E-state index is 0.0554. The molecule has 1 unspecified atom stereocenters. The number of likely N-dealkylation sites (tertiary alicyclic amines) is 1. The van der Waals surface area contributed by atoms with Crippen molar-refractivity contribution in [2.75, 3.05) is 31.1 Å². The number of hydrogen-bond acceptors (Lipinski definition) is 5. The number of carbonyl (C=O) groups is 3. The molecule has 3 amide bonds. The topological polar surface area (TPSA) is 79.0 Å². The normalized spacial score (nSPS) is 23.0. The number of piperidine rings is 1. The molecule has 0 bridgehead atoms. The molecule has 9 heteroatoms. The Balaban J connectivity index is 1.39. The molecule has 1 atom stereocenters. The maximum Gasteiger partial charge on any atom is 0.410 e. The summed E-state index contributed by atoms with van der Waals surface area (Å²) < 4.78 is 34.8. The van der Waals surface area contributed by atoms with Crippen molar-refractivity contribution in [3.63, 3.8) is 0 Å². The quantitative estimate of drug-likeness (QED) is 0.743. The Morgan fingerprint density at radius 1 is 1.13 bits per heavy atom. The van der Waals surface area contributed by atoms with Crippen LogP contribution in [-0.2, 0) is 14.3 Å². The van der Waals surface area contributed by atoms with Crippen molar-refractivity contribution in [1.82, 2.24) is 10.2 Å². The van der Waals surface area contributed by atoms with Crippen molar-refractivity contribution in [3.05, 3.63) is 29.3 Å². The predicted octanol–water partition coefficient (Wildman–Crippen LogP) is 2.54. The Labute approximate surface area is 173 Å². The zero-order chi connectivity index (χ0) is 21.8. The van der Waals surface area contributed by atoms with E-state index in [0.29, 0.717) is 31.9 Å². The van der Waals surface area contributed by atoms with Crippen molar-refractivity contribution in [3.8, 4) is 0 Å². The summed E-state index contributed by atoms with van der Waals surface area (Å²) in [5, 5.41) is 2.13. The SMILES string of the molecule is CC(C)(C)OC(=O)N1CC2(C1)CN(c1cc(F)c(C3CCC(=O)NC3=O)c(F)c1)C2. The molecule has 1 aromatic carbocycles. The fourth-order valence-corrected chi connectivity index (χ4v) is 4.42. The average molecular weight is 421 g/mol. The average Bonchev–Trinajstić information content (AvgIpc) is 2.52. The summed E-state index contributed by atoms with van der Waals surface area (Å²) in [4.78, 5) is 38.8. The second kappa shape index (κ2) is 6.92. The van der Waals surface area contributed by atoms with E-state index in [-0.39, 0.29) is 29.9 Å². The molecule has 0 aromatic heterocycles. The monoisotopic (exact) mass is 421 g/mol. The minimum Gasteiger partial charge on any atom is -0.444 e. The maximum absolute atomic E-state index is 14.7. The highest BCUT2D eigenvalue weighted by atomic mass is 19.1. The van der Waals surface area contributed by atoms with Crippen LogP contribution in [0.25, 0.3) is 0 Å². The van der Waals surface area contributed by atoms with E-state index in [1.54, 1.807) is 4.90 Å². The summed E-state index contributed by atoms with van der Waals surface area (Å²) in [7, 11) is 0. The molecule has 1 spiro atoms. The standard InChI is InChI=1S/C21H25F2N3O4/c1-20(2,3)30-19(29)26-10-21(11-26)8-25(9-21)12-6-14(22)17(15(23)7-12)13-4-5-16(27)24-18(13)28/h6-7,13H,4-5,8-11H2,1-3H3,(H,24,27,28). The van der Waals surface area contributed by atoms with Crippen LogP contribution >= 0.6 is 0 Å². The summed E-state index contributed by atoms with van der Waals surface area (Å²) in [6, 6.07) is 2.47. The molecule has 4 rings (SSSR count). The largest absolute Gasteiger partial charge is 0.444 e. The van der Waals surface area contributed by atoms with E-state index in [0.717, 1.165) is 0 Å². The number of anilines is 1. The van der Waals surface area contributed by atoms with Gasteiger partial charge in [0.25, 0.3) is 0 Å². The maximum atomic E-state index is 14.7. The van der Waals surface area contributed by atoms with Crippen LogP contribution in [-0.4, -0.2) is 54.6 Å². The highest BCUT2D eigenvalue weighted by Crippen LogP contribution is 2.43. The minimum atomic E-state index is -1.01. The van der Waals surface area contributed by atoms with Gasteiger partial charge in [0.15, 0.2) is 0 Å². The molecule has 7 nitrogen and oxygen atoms in total. The Hall–Kier alpha value is -2.71. The third-order valence-corrected chi connectivity index (χ3v) is 5.77. The highest BCUT2D eigenvalue weighted by Gasteiger charge is 2.54. The zero-order valence-electron chi connectivity index (χ0n) is 17.3. The van der Waals surface area contributed by atoms with E-state index in [4.69, 9.17) is 4.74 Å². The van der Waals surface area contributed by atoms with Gasteiger partial charge in [-0.3, -0.25) is 14.9 Å². The van der Waals surface area contributed by atoms with Crippen molar-refractivity contribution < 1.29 is 27.9 Å². The third kappa shape index (κ3) is 3.73. The van der Waals surface area contributed by atoms with E-state index in [9.17, 15) is 23.2 Å². The van der Waals surface area contributed by atoms with Gasteiger partial charge >= 0.3 is 6.09 Å². The van der Waals surface area contributed by atoms with Gasteiger partial charge in [-0.05, 0) is 39.3 Å². The molecule has 0 radical (unpaired) electrons. The van der Waals surface area contributed by atoms with Crippen LogP contribution in [0.5, 0.6) is 0 Å². The lowest BCUT2D eigenvalue weighted by Gasteiger charge is -2.60. The smallest absolute Gasteiger partial charge is 0.410 e. The van der Waals surface area contributed by atoms with Crippen LogP contribution in [0.2, 0.25) is 0 Å². The summed E-state index contributed by atoms with van der Waals surface area (Å²) in [6.45, 7) is 7.72. The molecule has 30 heavy (non-hydrogen) atoms. The number of amides is 3. The molecule has 3 heterocycles. The first kappa shape index (κ1) is 20.6. The molecular weight excluding hydrogens is 396 g/mol. The van der Waals surface area contributed by atoms with Crippen molar-refractivity contribution in [2.24, 2.45) is 5.41 Å². The second-order valence-corrected chi connectivity index (χ2v) is 9.52. The van der Waals surface area contributed by atoms with Gasteiger partial charge in [-0.25, -0.2) is 13.6 Å². The van der Waals surface area contributed by atoms with Gasteiger partial charge in [-0.15, -0.1) is 0 Å². The van der Waals surface area contributed by atoms with Gasteiger partial charge in [0.1, 0.15) is 17.2 Å². The second-order valence-electron chi connectivity index (χ2n) is 9.52. The number of hydrogen-bond donors (Lipinski definition) is 1. The van der Waals surface area contributed by atoms with Crippen molar-refractivity contribution >= 4 is 23.6 Å². The molecule has 3 saturated heterocycles. The Bertz CT molecular complexity index is 890. The molecular formula is C21H25F2N3O4. The number of imide groups is 1. The van der Waals surface area contributed by atoms with E-state index in [1.165, 1.54) is 12.1 Å². The van der Waals surface area contributed by atoms with E-state index in [1.807, 2.05) is 25.7 Å². The van der Waals surface area contributed by atoms with Gasteiger partial charge in [0, 0.05) is 49.3 Å². The number of rotatable bonds is 2. The number of halogens is 2. The molecule has 0 saturated carbocycles. The lowest BCUT2D eigenvalue weighted by atomic mass is 9.72. The van der Waals surface area contributed by atoms with Gasteiger partial charge < -0.3 is 14.5 Å². The summed E-state index contributed by atoms with van der Waals surface area (Å²) >= 11 is 0. The van der Waals surface area contributed by atoms with E-state index in [2.05, 4.69) is 5.32 Å². The van der Waals surface area contributed by atoms with Gasteiger partial charge in [0.2, 0.25) is 11.8 Å². The molecule has 3 aliphatic rings. The summed E-state index contributed by atoms with van der Waals surface area (Å²) in [6.07, 6.45) is -0.206. The van der Waals surface area contributed by atoms with Crippen LogP contribution < -0.4 is 10.2 Å². The van der Waals surface area contributed by atoms with E-state index < -0.39 is 35.0 Å². The summed E-state index contributed by atoms with van der Waals surface area (Å²) in [5.41, 5.74) is -0.516. The molecule has 0 aliphatic carbocycles. The lowest BCUT2D eigenvalue weighted by Crippen LogP contribution is -2.73. The number of nitrogens with one attached hydrogen (secondary N) is 1. The first-order valence-corrected chi connectivity index (χ1v) is 10.0. The molecule has 162 valence electrons. The Kier molecular flexibility index (Phi) is 4.74. The fourth-order valence-electron chi connectivity index (χ4n) is 4.42. The third-order valence-electron chi connectivity index (χ3n) is 5.77. The number of carbonyl (C=O) groups excluding carboxylic acids is 3. The van der Waals surface area contributed by atoms with Gasteiger partial charge in [-0.1, -0.05) is 0 Å². The highest BCUT2D eigenvalue weighted by molar-refractivity contribution is 6.01. The first-order chi connectivity index (χ1) is 14.0. The molecule has 3 aliphatic heterocycles. The number of benzene rings is 1. The number of ether oxygens (including phenoxy) is 1. The van der Waals surface area contributed by atoms with Crippen LogP contribution in [0, 0.1) is 17.0 Å². The molecule has 3 fully saturated rings. The van der Waals surface area contributed by atoms with Crippen LogP contribution in [0.4, 0.5) is 19.3 Å². The van der Waals surface area contributed by atoms with Crippen LogP contribution in [0.3, 0.4) is 0 Å². The Morgan fingerprint density at radius 2 is 1.73 bits per heavy atom. The molecule has 1 aromatic rings. The fraction of sp³-hybridized carbons (Fsp3) is 0.571. The number of nitrogens with zero attached hydrogens (tertiary/aromatic N) is 2. The zero-order valence-corrected chi connectivity index (χ0v) is 17.3. The first-order valence-electron chi connectivity index (χ1n) is 10.0. The lowest BCUT2D eigenvalue weighted by molar-refractivity contribution is -0.134. The van der Waals surface area contributed by atoms with Crippen LogP contribution in [0.1, 0.15) is 45.1 Å². The van der Waals surface area contributed by atoms with Crippen molar-refractivity contribution in [2.45, 2.75) is 45.1 Å². The van der Waals surface area contributed by atoms with Crippen LogP contribution in [0.15, 0.2) is 12.1 Å². The van der Waals surface area contributed by atoms with E-state index >= 15 is 0 Å². The summed E-state index contributed by atoms with van der Waals surface area (Å²) in [5.74, 6) is -3.68. The van der Waals surface area contributed by atoms with Gasteiger partial charge in [0.05, 0.1) is 5.92 Å². The Morgan fingerprint density at radius 3 is 2.27 bits per heavy atom. The van der Waals surface area contributed by atoms with Crippen molar-refractivity contribution in [1.29, 1.82) is 0 Å². The van der Waals surface area contributed by atoms with Gasteiger partial charge in [-0.2, -0.15) is 0 Å². The molecule has 1 N–H and O–H groups in total. The predicted molar refractivity (Wildman–Crippen MR) is 104 cm³/mol.